The molecule has 0 radical (unpaired) electrons. The molecular weight excluding hydrogens is 208 g/mol. The molecule has 1 saturated heterocycles. The summed E-state index contributed by atoms with van der Waals surface area (Å²) in [4.78, 5) is 10.9. The Kier molecular flexibility index (Phi) is 3.41. The third kappa shape index (κ3) is 2.52. The topological polar surface area (TPSA) is 55.8 Å². The lowest BCUT2D eigenvalue weighted by molar-refractivity contribution is 0.0629. The van der Waals surface area contributed by atoms with Crippen LogP contribution in [0.3, 0.4) is 0 Å². The molecule has 1 heterocycles. The SMILES string of the molecule is O=C(O)c1ccccc1OC[C@@H]1CCCO1. The zero-order valence-electron chi connectivity index (χ0n) is 8.89. The Labute approximate surface area is 93.8 Å². The molecule has 2 rings (SSSR count). The second kappa shape index (κ2) is 4.99. The largest absolute Gasteiger partial charge is 0.490 e. The summed E-state index contributed by atoms with van der Waals surface area (Å²) in [6.07, 6.45) is 2.13. The van der Waals surface area contributed by atoms with Crippen LogP contribution in [0.5, 0.6) is 5.75 Å². The minimum atomic E-state index is -0.969. The zero-order valence-corrected chi connectivity index (χ0v) is 8.89. The first-order valence-electron chi connectivity index (χ1n) is 5.34. The number of rotatable bonds is 4. The van der Waals surface area contributed by atoms with Crippen molar-refractivity contribution >= 4 is 5.97 Å². The van der Waals surface area contributed by atoms with Gasteiger partial charge in [-0.3, -0.25) is 0 Å². The van der Waals surface area contributed by atoms with Gasteiger partial charge in [-0.15, -0.1) is 0 Å². The maximum atomic E-state index is 10.9. The fourth-order valence-electron chi connectivity index (χ4n) is 1.73. The minimum absolute atomic E-state index is 0.0989. The number of carbonyl (C=O) groups is 1. The van der Waals surface area contributed by atoms with Crippen molar-refractivity contribution in [3.8, 4) is 5.75 Å². The summed E-state index contributed by atoms with van der Waals surface area (Å²) in [5.41, 5.74) is 0.195. The molecule has 1 aromatic rings. The Hall–Kier alpha value is -1.55. The third-order valence-corrected chi connectivity index (χ3v) is 2.57. The van der Waals surface area contributed by atoms with E-state index in [-0.39, 0.29) is 11.7 Å². The Morgan fingerprint density at radius 2 is 2.31 bits per heavy atom. The Morgan fingerprint density at radius 3 is 3.00 bits per heavy atom. The Bertz CT molecular complexity index is 369. The highest BCUT2D eigenvalue weighted by Crippen LogP contribution is 2.20. The smallest absolute Gasteiger partial charge is 0.339 e. The summed E-state index contributed by atoms with van der Waals surface area (Å²) in [5.74, 6) is -0.562. The molecule has 0 bridgehead atoms. The van der Waals surface area contributed by atoms with E-state index < -0.39 is 5.97 Å². The molecule has 0 aromatic heterocycles. The van der Waals surface area contributed by atoms with Gasteiger partial charge in [0, 0.05) is 6.61 Å². The lowest BCUT2D eigenvalue weighted by atomic mass is 10.2. The third-order valence-electron chi connectivity index (χ3n) is 2.57. The second-order valence-electron chi connectivity index (χ2n) is 3.75. The molecule has 1 aliphatic heterocycles. The van der Waals surface area contributed by atoms with Gasteiger partial charge in [0.1, 0.15) is 17.9 Å². The molecule has 1 atom stereocenters. The molecule has 0 aliphatic carbocycles. The van der Waals surface area contributed by atoms with Crippen LogP contribution in [0, 0.1) is 0 Å². The quantitative estimate of drug-likeness (QED) is 0.845. The van der Waals surface area contributed by atoms with E-state index in [0.29, 0.717) is 12.4 Å². The molecule has 0 amide bonds. The number of hydrogen-bond donors (Lipinski definition) is 1. The molecule has 1 aromatic carbocycles. The first kappa shape index (κ1) is 11.0. The van der Waals surface area contributed by atoms with Crippen molar-refractivity contribution in [3.63, 3.8) is 0 Å². The van der Waals surface area contributed by atoms with Crippen molar-refractivity contribution in [1.82, 2.24) is 0 Å². The van der Waals surface area contributed by atoms with Crippen LogP contribution in [0.25, 0.3) is 0 Å². The molecular formula is C12H14O4. The van der Waals surface area contributed by atoms with E-state index in [1.165, 1.54) is 6.07 Å². The van der Waals surface area contributed by atoms with Gasteiger partial charge in [0.25, 0.3) is 0 Å². The predicted octanol–water partition coefficient (Wildman–Crippen LogP) is 1.94. The van der Waals surface area contributed by atoms with E-state index in [9.17, 15) is 4.79 Å². The first-order chi connectivity index (χ1) is 7.77. The van der Waals surface area contributed by atoms with E-state index in [0.717, 1.165) is 19.4 Å². The second-order valence-corrected chi connectivity index (χ2v) is 3.75. The van der Waals surface area contributed by atoms with Crippen molar-refractivity contribution in [2.24, 2.45) is 0 Å². The van der Waals surface area contributed by atoms with Gasteiger partial charge in [0.2, 0.25) is 0 Å². The molecule has 1 aliphatic rings. The molecule has 1 N–H and O–H groups in total. The number of carboxylic acids is 1. The van der Waals surface area contributed by atoms with Gasteiger partial charge in [-0.05, 0) is 25.0 Å². The highest BCUT2D eigenvalue weighted by atomic mass is 16.5. The highest BCUT2D eigenvalue weighted by Gasteiger charge is 2.17. The van der Waals surface area contributed by atoms with Gasteiger partial charge >= 0.3 is 5.97 Å². The summed E-state index contributed by atoms with van der Waals surface area (Å²) < 4.78 is 10.9. The standard InChI is InChI=1S/C12H14O4/c13-12(14)10-5-1-2-6-11(10)16-8-9-4-3-7-15-9/h1-2,5-6,9H,3-4,7-8H2,(H,13,14)/t9-/m0/s1. The Balaban J connectivity index is 2.00. The maximum Gasteiger partial charge on any atom is 0.339 e. The fraction of sp³-hybridized carbons (Fsp3) is 0.417. The van der Waals surface area contributed by atoms with E-state index in [4.69, 9.17) is 14.6 Å². The molecule has 4 nitrogen and oxygen atoms in total. The van der Waals surface area contributed by atoms with E-state index in [2.05, 4.69) is 0 Å². The van der Waals surface area contributed by atoms with Gasteiger partial charge < -0.3 is 14.6 Å². The number of benzene rings is 1. The van der Waals surface area contributed by atoms with Crippen LogP contribution in [0.2, 0.25) is 0 Å². The van der Waals surface area contributed by atoms with Crippen LogP contribution in [0.4, 0.5) is 0 Å². The normalized spacial score (nSPS) is 19.6. The average molecular weight is 222 g/mol. The highest BCUT2D eigenvalue weighted by molar-refractivity contribution is 5.90. The molecule has 0 saturated carbocycles. The fourth-order valence-corrected chi connectivity index (χ4v) is 1.73. The van der Waals surface area contributed by atoms with E-state index in [1.54, 1.807) is 18.2 Å². The molecule has 86 valence electrons. The number of hydrogen-bond acceptors (Lipinski definition) is 3. The summed E-state index contributed by atoms with van der Waals surface area (Å²) in [5, 5.41) is 8.95. The zero-order chi connectivity index (χ0) is 11.4. The van der Waals surface area contributed by atoms with Crippen LogP contribution in [0.15, 0.2) is 24.3 Å². The van der Waals surface area contributed by atoms with Gasteiger partial charge in [-0.2, -0.15) is 0 Å². The molecule has 4 heteroatoms. The maximum absolute atomic E-state index is 10.9. The molecule has 1 fully saturated rings. The lowest BCUT2D eigenvalue weighted by Crippen LogP contribution is -2.17. The Morgan fingerprint density at radius 1 is 1.50 bits per heavy atom. The van der Waals surface area contributed by atoms with Crippen LogP contribution in [-0.2, 0) is 4.74 Å². The molecule has 16 heavy (non-hydrogen) atoms. The van der Waals surface area contributed by atoms with Crippen LogP contribution < -0.4 is 4.74 Å². The first-order valence-corrected chi connectivity index (χ1v) is 5.34. The number of para-hydroxylation sites is 1. The van der Waals surface area contributed by atoms with E-state index in [1.807, 2.05) is 0 Å². The van der Waals surface area contributed by atoms with Crippen molar-refractivity contribution < 1.29 is 19.4 Å². The minimum Gasteiger partial charge on any atom is -0.490 e. The monoisotopic (exact) mass is 222 g/mol. The summed E-state index contributed by atoms with van der Waals surface area (Å²) in [6.45, 7) is 1.19. The average Bonchev–Trinajstić information content (AvgIpc) is 2.79. The predicted molar refractivity (Wildman–Crippen MR) is 57.9 cm³/mol. The van der Waals surface area contributed by atoms with Crippen LogP contribution >= 0.6 is 0 Å². The van der Waals surface area contributed by atoms with Crippen molar-refractivity contribution in [2.45, 2.75) is 18.9 Å². The summed E-state index contributed by atoms with van der Waals surface area (Å²) in [6, 6.07) is 6.64. The van der Waals surface area contributed by atoms with Crippen molar-refractivity contribution in [1.29, 1.82) is 0 Å². The van der Waals surface area contributed by atoms with Gasteiger partial charge in [0.15, 0.2) is 0 Å². The van der Waals surface area contributed by atoms with Gasteiger partial charge in [-0.1, -0.05) is 12.1 Å². The number of carboxylic acid groups (broad SMARTS) is 1. The van der Waals surface area contributed by atoms with Gasteiger partial charge in [0.05, 0.1) is 6.10 Å². The van der Waals surface area contributed by atoms with Crippen LogP contribution in [0.1, 0.15) is 23.2 Å². The van der Waals surface area contributed by atoms with Gasteiger partial charge in [-0.25, -0.2) is 4.79 Å². The molecule has 0 spiro atoms. The lowest BCUT2D eigenvalue weighted by Gasteiger charge is -2.12. The number of ether oxygens (including phenoxy) is 2. The van der Waals surface area contributed by atoms with Crippen molar-refractivity contribution in [3.05, 3.63) is 29.8 Å². The van der Waals surface area contributed by atoms with E-state index >= 15 is 0 Å². The van der Waals surface area contributed by atoms with Crippen molar-refractivity contribution in [2.75, 3.05) is 13.2 Å². The summed E-state index contributed by atoms with van der Waals surface area (Å²) in [7, 11) is 0. The summed E-state index contributed by atoms with van der Waals surface area (Å²) >= 11 is 0. The number of aromatic carboxylic acids is 1. The van der Waals surface area contributed by atoms with Crippen LogP contribution in [-0.4, -0.2) is 30.4 Å². The molecule has 0 unspecified atom stereocenters.